The van der Waals surface area contributed by atoms with Crippen LogP contribution < -0.4 is 5.32 Å². The highest BCUT2D eigenvalue weighted by Gasteiger charge is 2.35. The molecule has 0 atom stereocenters. The van der Waals surface area contributed by atoms with E-state index in [4.69, 9.17) is 16.3 Å². The molecule has 0 aromatic heterocycles. The highest BCUT2D eigenvalue weighted by atomic mass is 35.5. The zero-order valence-electron chi connectivity index (χ0n) is 18.6. The SMILES string of the molecule is CN(C)C(=O)c1ccc(NC2CN(C3CCN(C(=O)OC(C)(C)C)CC3)C2)cc1Cl. The van der Waals surface area contributed by atoms with E-state index in [1.807, 2.05) is 37.8 Å². The van der Waals surface area contributed by atoms with Crippen LogP contribution in [-0.2, 0) is 4.74 Å². The number of benzene rings is 1. The minimum Gasteiger partial charge on any atom is -0.444 e. The molecular weight excluding hydrogens is 404 g/mol. The van der Waals surface area contributed by atoms with E-state index >= 15 is 0 Å². The highest BCUT2D eigenvalue weighted by Crippen LogP contribution is 2.27. The van der Waals surface area contributed by atoms with Gasteiger partial charge in [-0.1, -0.05) is 11.6 Å². The second-order valence-electron chi connectivity index (χ2n) is 9.39. The van der Waals surface area contributed by atoms with Gasteiger partial charge in [0, 0.05) is 52.0 Å². The molecule has 1 aromatic rings. The van der Waals surface area contributed by atoms with E-state index in [1.54, 1.807) is 20.2 Å². The first-order valence-electron chi connectivity index (χ1n) is 10.5. The van der Waals surface area contributed by atoms with E-state index in [9.17, 15) is 9.59 Å². The Morgan fingerprint density at radius 1 is 1.17 bits per heavy atom. The maximum absolute atomic E-state index is 12.2. The van der Waals surface area contributed by atoms with Gasteiger partial charge >= 0.3 is 6.09 Å². The Kier molecular flexibility index (Phi) is 6.82. The molecule has 30 heavy (non-hydrogen) atoms. The van der Waals surface area contributed by atoms with Crippen molar-refractivity contribution in [2.45, 2.75) is 51.3 Å². The van der Waals surface area contributed by atoms with Gasteiger partial charge in [0.15, 0.2) is 0 Å². The van der Waals surface area contributed by atoms with Gasteiger partial charge in [0.05, 0.1) is 16.6 Å². The standard InChI is InChI=1S/C22H33ClN4O3/c1-22(2,3)30-21(29)26-10-8-17(9-11-26)27-13-16(14-27)24-15-6-7-18(19(23)12-15)20(28)25(4)5/h6-7,12,16-17,24H,8-11,13-14H2,1-5H3. The Balaban J connectivity index is 1.43. The van der Waals surface area contributed by atoms with Gasteiger partial charge in [-0.05, 0) is 51.8 Å². The van der Waals surface area contributed by atoms with Crippen LogP contribution in [0.5, 0.6) is 0 Å². The number of carbonyl (C=O) groups is 2. The maximum Gasteiger partial charge on any atom is 0.410 e. The van der Waals surface area contributed by atoms with E-state index in [-0.39, 0.29) is 12.0 Å². The molecule has 2 heterocycles. The van der Waals surface area contributed by atoms with Crippen LogP contribution in [0.4, 0.5) is 10.5 Å². The Morgan fingerprint density at radius 3 is 2.33 bits per heavy atom. The number of piperidine rings is 1. The molecule has 2 aliphatic rings. The average Bonchev–Trinajstić information content (AvgIpc) is 2.62. The van der Waals surface area contributed by atoms with E-state index in [0.717, 1.165) is 44.7 Å². The molecule has 0 saturated carbocycles. The molecule has 2 aliphatic heterocycles. The van der Waals surface area contributed by atoms with Crippen LogP contribution >= 0.6 is 11.6 Å². The van der Waals surface area contributed by atoms with E-state index in [1.165, 1.54) is 4.90 Å². The van der Waals surface area contributed by atoms with Crippen molar-refractivity contribution in [2.24, 2.45) is 0 Å². The molecule has 8 heteroatoms. The average molecular weight is 437 g/mol. The number of nitrogens with zero attached hydrogens (tertiary/aromatic N) is 3. The summed E-state index contributed by atoms with van der Waals surface area (Å²) < 4.78 is 5.47. The van der Waals surface area contributed by atoms with Crippen LogP contribution in [0, 0.1) is 0 Å². The molecule has 0 radical (unpaired) electrons. The van der Waals surface area contributed by atoms with Gasteiger partial charge < -0.3 is 19.9 Å². The predicted molar refractivity (Wildman–Crippen MR) is 119 cm³/mol. The Labute approximate surface area is 184 Å². The van der Waals surface area contributed by atoms with Crippen molar-refractivity contribution in [3.63, 3.8) is 0 Å². The Morgan fingerprint density at radius 2 is 1.80 bits per heavy atom. The minimum absolute atomic E-state index is 0.0981. The van der Waals surface area contributed by atoms with Gasteiger partial charge in [-0.15, -0.1) is 0 Å². The third-order valence-corrected chi connectivity index (χ3v) is 5.83. The fourth-order valence-electron chi connectivity index (χ4n) is 3.90. The first kappa shape index (κ1) is 22.7. The van der Waals surface area contributed by atoms with Crippen molar-refractivity contribution in [1.82, 2.24) is 14.7 Å². The molecule has 7 nitrogen and oxygen atoms in total. The number of hydrogen-bond donors (Lipinski definition) is 1. The lowest BCUT2D eigenvalue weighted by Crippen LogP contribution is -2.60. The lowest BCUT2D eigenvalue weighted by atomic mass is 9.97. The van der Waals surface area contributed by atoms with Gasteiger partial charge in [-0.2, -0.15) is 0 Å². The molecule has 1 aromatic carbocycles. The highest BCUT2D eigenvalue weighted by molar-refractivity contribution is 6.34. The molecule has 0 unspecified atom stereocenters. The number of rotatable bonds is 4. The van der Waals surface area contributed by atoms with Crippen LogP contribution in [-0.4, -0.2) is 84.7 Å². The number of carbonyl (C=O) groups excluding carboxylic acids is 2. The lowest BCUT2D eigenvalue weighted by molar-refractivity contribution is 0.00749. The topological polar surface area (TPSA) is 65.1 Å². The van der Waals surface area contributed by atoms with Gasteiger partial charge in [0.2, 0.25) is 0 Å². The van der Waals surface area contributed by atoms with Crippen molar-refractivity contribution >= 4 is 29.3 Å². The third kappa shape index (κ3) is 5.58. The van der Waals surface area contributed by atoms with Gasteiger partial charge in [0.1, 0.15) is 5.60 Å². The fraction of sp³-hybridized carbons (Fsp3) is 0.636. The molecule has 2 amide bonds. The number of halogens is 1. The summed E-state index contributed by atoms with van der Waals surface area (Å²) in [5.74, 6) is -0.0981. The molecule has 2 fully saturated rings. The first-order valence-corrected chi connectivity index (χ1v) is 10.9. The van der Waals surface area contributed by atoms with Crippen LogP contribution in [0.1, 0.15) is 44.0 Å². The summed E-state index contributed by atoms with van der Waals surface area (Å²) in [6, 6.07) is 6.37. The van der Waals surface area contributed by atoms with Gasteiger partial charge in [-0.3, -0.25) is 9.69 Å². The third-order valence-electron chi connectivity index (χ3n) is 5.52. The summed E-state index contributed by atoms with van der Waals surface area (Å²) in [6.07, 6.45) is 1.73. The second-order valence-corrected chi connectivity index (χ2v) is 9.80. The zero-order valence-corrected chi connectivity index (χ0v) is 19.3. The van der Waals surface area contributed by atoms with Crippen molar-refractivity contribution in [2.75, 3.05) is 45.6 Å². The number of amides is 2. The Hall–Kier alpha value is -1.99. The quantitative estimate of drug-likeness (QED) is 0.782. The van der Waals surface area contributed by atoms with E-state index < -0.39 is 5.60 Å². The summed E-state index contributed by atoms with van der Waals surface area (Å²) >= 11 is 6.30. The number of hydrogen-bond acceptors (Lipinski definition) is 5. The second kappa shape index (κ2) is 9.02. The zero-order chi connectivity index (χ0) is 22.1. The van der Waals surface area contributed by atoms with Crippen LogP contribution in [0.3, 0.4) is 0 Å². The number of ether oxygens (including phenoxy) is 1. The number of anilines is 1. The Bertz CT molecular complexity index is 779. The molecule has 1 N–H and O–H groups in total. The molecule has 0 spiro atoms. The van der Waals surface area contributed by atoms with Gasteiger partial charge in [0.25, 0.3) is 5.91 Å². The largest absolute Gasteiger partial charge is 0.444 e. The number of nitrogens with one attached hydrogen (secondary N) is 1. The van der Waals surface area contributed by atoms with Crippen molar-refractivity contribution in [1.29, 1.82) is 0 Å². The van der Waals surface area contributed by atoms with Crippen molar-refractivity contribution in [3.05, 3.63) is 28.8 Å². The molecule has 166 valence electrons. The molecule has 0 aliphatic carbocycles. The molecule has 0 bridgehead atoms. The van der Waals surface area contributed by atoms with Crippen LogP contribution in [0.2, 0.25) is 5.02 Å². The molecule has 3 rings (SSSR count). The summed E-state index contributed by atoms with van der Waals surface area (Å²) in [5.41, 5.74) is 0.990. The summed E-state index contributed by atoms with van der Waals surface area (Å²) in [6.45, 7) is 9.10. The minimum atomic E-state index is -0.453. The van der Waals surface area contributed by atoms with Gasteiger partial charge in [-0.25, -0.2) is 4.79 Å². The maximum atomic E-state index is 12.2. The smallest absolute Gasteiger partial charge is 0.410 e. The monoisotopic (exact) mass is 436 g/mol. The van der Waals surface area contributed by atoms with E-state index in [2.05, 4.69) is 10.2 Å². The predicted octanol–water partition coefficient (Wildman–Crippen LogP) is 3.54. The summed E-state index contributed by atoms with van der Waals surface area (Å²) in [7, 11) is 3.43. The normalized spacial score (nSPS) is 18.7. The van der Waals surface area contributed by atoms with Crippen LogP contribution in [0.15, 0.2) is 18.2 Å². The molecular formula is C22H33ClN4O3. The summed E-state index contributed by atoms with van der Waals surface area (Å²) in [5, 5.41) is 3.96. The van der Waals surface area contributed by atoms with Crippen LogP contribution in [0.25, 0.3) is 0 Å². The van der Waals surface area contributed by atoms with E-state index in [0.29, 0.717) is 22.7 Å². The molecule has 2 saturated heterocycles. The van der Waals surface area contributed by atoms with Crippen molar-refractivity contribution < 1.29 is 14.3 Å². The number of likely N-dealkylation sites (tertiary alicyclic amines) is 2. The first-order chi connectivity index (χ1) is 14.0. The lowest BCUT2D eigenvalue weighted by Gasteiger charge is -2.47. The summed E-state index contributed by atoms with van der Waals surface area (Å²) in [4.78, 5) is 30.1. The van der Waals surface area contributed by atoms with Crippen molar-refractivity contribution in [3.8, 4) is 0 Å². The fourth-order valence-corrected chi connectivity index (χ4v) is 4.16.